The van der Waals surface area contributed by atoms with Crippen LogP contribution in [0, 0.1) is 0 Å². The minimum atomic E-state index is -0.137. The minimum Gasteiger partial charge on any atom is -0.369 e. The highest BCUT2D eigenvalue weighted by Gasteiger charge is 2.17. The molecule has 2 heterocycles. The Morgan fingerprint density at radius 2 is 2.37 bits per heavy atom. The van der Waals surface area contributed by atoms with Crippen molar-refractivity contribution in [2.24, 2.45) is 0 Å². The molecule has 2 N–H and O–H groups in total. The molecule has 6 heteroatoms. The second-order valence-corrected chi connectivity index (χ2v) is 5.98. The monoisotopic (exact) mass is 280 g/mol. The van der Waals surface area contributed by atoms with E-state index in [2.05, 4.69) is 27.8 Å². The van der Waals surface area contributed by atoms with Gasteiger partial charge in [0, 0.05) is 18.3 Å². The summed E-state index contributed by atoms with van der Waals surface area (Å²) in [5, 5.41) is 14.5. The van der Waals surface area contributed by atoms with E-state index in [0.717, 1.165) is 19.5 Å². The number of carbonyl (C=O) groups is 1. The van der Waals surface area contributed by atoms with Gasteiger partial charge in [0.2, 0.25) is 0 Å². The van der Waals surface area contributed by atoms with E-state index >= 15 is 0 Å². The summed E-state index contributed by atoms with van der Waals surface area (Å²) in [5.41, 5.74) is 0.380. The highest BCUT2D eigenvalue weighted by molar-refractivity contribution is 8.00. The molecule has 1 aromatic heterocycles. The van der Waals surface area contributed by atoms with Crippen molar-refractivity contribution in [3.8, 4) is 0 Å². The molecule has 0 aromatic carbocycles. The van der Waals surface area contributed by atoms with E-state index < -0.39 is 0 Å². The average Bonchev–Trinajstić information content (AvgIpc) is 2.96. The zero-order valence-electron chi connectivity index (χ0n) is 11.2. The first-order valence-electron chi connectivity index (χ1n) is 6.77. The number of nitrogens with one attached hydrogen (secondary N) is 2. The largest absolute Gasteiger partial charge is 0.369 e. The quantitative estimate of drug-likeness (QED) is 0.833. The Balaban J connectivity index is 1.81. The van der Waals surface area contributed by atoms with Crippen LogP contribution in [0.2, 0.25) is 0 Å². The third-order valence-electron chi connectivity index (χ3n) is 2.97. The Hall–Kier alpha value is -1.30. The lowest BCUT2D eigenvalue weighted by Gasteiger charge is -2.09. The number of hydrogen-bond donors (Lipinski definition) is 2. The maximum Gasteiger partial charge on any atom is 0.271 e. The van der Waals surface area contributed by atoms with Gasteiger partial charge in [0.1, 0.15) is 5.82 Å². The predicted octanol–water partition coefficient (Wildman–Crippen LogP) is 1.92. The zero-order valence-corrected chi connectivity index (χ0v) is 12.0. The number of amides is 1. The molecule has 1 unspecified atom stereocenters. The van der Waals surface area contributed by atoms with E-state index in [1.807, 2.05) is 11.8 Å². The van der Waals surface area contributed by atoms with Gasteiger partial charge in [0.05, 0.1) is 0 Å². The summed E-state index contributed by atoms with van der Waals surface area (Å²) in [6.45, 7) is 3.67. The van der Waals surface area contributed by atoms with E-state index in [1.54, 1.807) is 12.1 Å². The molecule has 0 bridgehead atoms. The first kappa shape index (κ1) is 14.1. The summed E-state index contributed by atoms with van der Waals surface area (Å²) < 4.78 is 0. The predicted molar refractivity (Wildman–Crippen MR) is 78.6 cm³/mol. The molecule has 0 radical (unpaired) electrons. The number of rotatable bonds is 6. The van der Waals surface area contributed by atoms with Crippen LogP contribution in [0.4, 0.5) is 5.82 Å². The summed E-state index contributed by atoms with van der Waals surface area (Å²) in [7, 11) is 0. The van der Waals surface area contributed by atoms with Crippen molar-refractivity contribution in [1.82, 2.24) is 15.5 Å². The lowest BCUT2D eigenvalue weighted by Crippen LogP contribution is -2.30. The van der Waals surface area contributed by atoms with E-state index in [0.29, 0.717) is 16.8 Å². The van der Waals surface area contributed by atoms with Crippen molar-refractivity contribution >= 4 is 23.5 Å². The molecule has 5 nitrogen and oxygen atoms in total. The molecular weight excluding hydrogens is 260 g/mol. The molecule has 1 aromatic rings. The Kier molecular flexibility index (Phi) is 5.44. The molecule has 0 saturated carbocycles. The molecule has 1 fully saturated rings. The van der Waals surface area contributed by atoms with Crippen LogP contribution in [-0.2, 0) is 0 Å². The molecule has 0 aliphatic carbocycles. The number of hydrogen-bond acceptors (Lipinski definition) is 5. The summed E-state index contributed by atoms with van der Waals surface area (Å²) in [5.74, 6) is 1.78. The molecule has 1 aliphatic heterocycles. The first-order chi connectivity index (χ1) is 9.29. The van der Waals surface area contributed by atoms with Crippen molar-refractivity contribution in [2.75, 3.05) is 24.2 Å². The molecular formula is C13H20N4OS. The Morgan fingerprint density at radius 3 is 3.00 bits per heavy atom. The van der Waals surface area contributed by atoms with Crippen molar-refractivity contribution in [3.05, 3.63) is 17.8 Å². The molecule has 1 amide bonds. The van der Waals surface area contributed by atoms with Gasteiger partial charge in [-0.05, 0) is 37.1 Å². The zero-order chi connectivity index (χ0) is 13.5. The summed E-state index contributed by atoms with van der Waals surface area (Å²) >= 11 is 1.93. The Labute approximate surface area is 118 Å². The van der Waals surface area contributed by atoms with Crippen LogP contribution in [0.25, 0.3) is 0 Å². The van der Waals surface area contributed by atoms with Crippen LogP contribution in [-0.4, -0.2) is 40.2 Å². The molecule has 2 rings (SSSR count). The van der Waals surface area contributed by atoms with Gasteiger partial charge in [0.25, 0.3) is 5.91 Å². The van der Waals surface area contributed by atoms with Gasteiger partial charge in [-0.1, -0.05) is 6.92 Å². The first-order valence-corrected chi connectivity index (χ1v) is 7.82. The van der Waals surface area contributed by atoms with Crippen molar-refractivity contribution < 1.29 is 4.79 Å². The number of thioether (sulfide) groups is 1. The normalized spacial score (nSPS) is 18.3. The van der Waals surface area contributed by atoms with Gasteiger partial charge >= 0.3 is 0 Å². The smallest absolute Gasteiger partial charge is 0.271 e. The van der Waals surface area contributed by atoms with Crippen molar-refractivity contribution in [2.45, 2.75) is 31.4 Å². The van der Waals surface area contributed by atoms with Crippen LogP contribution >= 0.6 is 11.8 Å². The SMILES string of the molecule is CCCNc1ccc(C(=O)NCC2CCCS2)nn1. The summed E-state index contributed by atoms with van der Waals surface area (Å²) in [6.07, 6.45) is 3.47. The van der Waals surface area contributed by atoms with Crippen LogP contribution in [0.3, 0.4) is 0 Å². The topological polar surface area (TPSA) is 66.9 Å². The van der Waals surface area contributed by atoms with Gasteiger partial charge in [0.15, 0.2) is 5.69 Å². The van der Waals surface area contributed by atoms with Crippen LogP contribution in [0.5, 0.6) is 0 Å². The van der Waals surface area contributed by atoms with E-state index in [9.17, 15) is 4.79 Å². The Bertz CT molecular complexity index is 404. The highest BCUT2D eigenvalue weighted by Crippen LogP contribution is 2.25. The maximum absolute atomic E-state index is 11.9. The molecule has 1 aliphatic rings. The summed E-state index contributed by atoms with van der Waals surface area (Å²) in [6, 6.07) is 3.50. The highest BCUT2D eigenvalue weighted by atomic mass is 32.2. The average molecular weight is 280 g/mol. The number of nitrogens with zero attached hydrogens (tertiary/aromatic N) is 2. The molecule has 104 valence electrons. The number of carbonyl (C=O) groups excluding carboxylic acids is 1. The molecule has 19 heavy (non-hydrogen) atoms. The minimum absolute atomic E-state index is 0.137. The summed E-state index contributed by atoms with van der Waals surface area (Å²) in [4.78, 5) is 11.9. The van der Waals surface area contributed by atoms with Crippen LogP contribution in [0.1, 0.15) is 36.7 Å². The second-order valence-electron chi connectivity index (χ2n) is 4.58. The molecule has 1 saturated heterocycles. The fraction of sp³-hybridized carbons (Fsp3) is 0.615. The fourth-order valence-electron chi connectivity index (χ4n) is 1.90. The van der Waals surface area contributed by atoms with Gasteiger partial charge in [-0.15, -0.1) is 10.2 Å². The van der Waals surface area contributed by atoms with Gasteiger partial charge < -0.3 is 10.6 Å². The maximum atomic E-state index is 11.9. The lowest BCUT2D eigenvalue weighted by atomic mass is 10.2. The molecule has 0 spiro atoms. The molecule has 1 atom stereocenters. The number of anilines is 1. The Morgan fingerprint density at radius 1 is 1.47 bits per heavy atom. The van der Waals surface area contributed by atoms with E-state index in [4.69, 9.17) is 0 Å². The van der Waals surface area contributed by atoms with E-state index in [-0.39, 0.29) is 5.91 Å². The standard InChI is InChI=1S/C13H20N4OS/c1-2-7-14-12-6-5-11(16-17-12)13(18)15-9-10-4-3-8-19-10/h5-6,10H,2-4,7-9H2,1H3,(H,14,17)(H,15,18). The van der Waals surface area contributed by atoms with Gasteiger partial charge in [-0.25, -0.2) is 0 Å². The van der Waals surface area contributed by atoms with E-state index in [1.165, 1.54) is 18.6 Å². The lowest BCUT2D eigenvalue weighted by molar-refractivity contribution is 0.0947. The van der Waals surface area contributed by atoms with Gasteiger partial charge in [-0.2, -0.15) is 11.8 Å². The second kappa shape index (κ2) is 7.33. The fourth-order valence-corrected chi connectivity index (χ4v) is 3.10. The van der Waals surface area contributed by atoms with Crippen LogP contribution in [0.15, 0.2) is 12.1 Å². The third-order valence-corrected chi connectivity index (χ3v) is 4.37. The van der Waals surface area contributed by atoms with Crippen molar-refractivity contribution in [3.63, 3.8) is 0 Å². The third kappa shape index (κ3) is 4.38. The van der Waals surface area contributed by atoms with Gasteiger partial charge in [-0.3, -0.25) is 4.79 Å². The van der Waals surface area contributed by atoms with Crippen LogP contribution < -0.4 is 10.6 Å². The van der Waals surface area contributed by atoms with Crippen molar-refractivity contribution in [1.29, 1.82) is 0 Å². The number of aromatic nitrogens is 2.